The summed E-state index contributed by atoms with van der Waals surface area (Å²) in [7, 11) is -3.72. The Morgan fingerprint density at radius 1 is 1.50 bits per heavy atom. The summed E-state index contributed by atoms with van der Waals surface area (Å²) in [5, 5.41) is 8.99. The molecule has 1 aromatic heterocycles. The number of aromatic carboxylic acids is 1. The van der Waals surface area contributed by atoms with E-state index in [2.05, 4.69) is 11.9 Å². The van der Waals surface area contributed by atoms with Gasteiger partial charge in [0.2, 0.25) is 0 Å². The standard InChI is InChI=1S/C12H18N2O4S2/c1-2-3-9-4-6-14(7-5-9)20(17,18)12-10(11(15)16)13-8-19-12/h8-9H,2-7H2,1H3,(H,15,16). The SMILES string of the molecule is CCCC1CCN(S(=O)(=O)c2scnc2C(=O)O)CC1. The van der Waals surface area contributed by atoms with Gasteiger partial charge in [-0.1, -0.05) is 19.8 Å². The molecule has 2 heterocycles. The molecule has 2 rings (SSSR count). The van der Waals surface area contributed by atoms with E-state index in [1.165, 1.54) is 9.82 Å². The third kappa shape index (κ3) is 3.02. The van der Waals surface area contributed by atoms with E-state index in [9.17, 15) is 13.2 Å². The first kappa shape index (κ1) is 15.4. The molecule has 8 heteroatoms. The Labute approximate surface area is 122 Å². The molecular weight excluding hydrogens is 300 g/mol. The molecule has 1 saturated heterocycles. The van der Waals surface area contributed by atoms with Crippen molar-refractivity contribution in [3.05, 3.63) is 11.2 Å². The van der Waals surface area contributed by atoms with Gasteiger partial charge in [0.25, 0.3) is 10.0 Å². The smallest absolute Gasteiger partial charge is 0.356 e. The highest BCUT2D eigenvalue weighted by atomic mass is 32.2. The Hall–Kier alpha value is -0.990. The molecule has 0 bridgehead atoms. The van der Waals surface area contributed by atoms with Crippen molar-refractivity contribution in [1.29, 1.82) is 0 Å². The third-order valence-corrected chi connectivity index (χ3v) is 6.83. The second kappa shape index (κ2) is 6.19. The van der Waals surface area contributed by atoms with Crippen molar-refractivity contribution in [2.75, 3.05) is 13.1 Å². The molecule has 0 amide bonds. The van der Waals surface area contributed by atoms with E-state index in [0.717, 1.165) is 37.0 Å². The number of nitrogens with zero attached hydrogens (tertiary/aromatic N) is 2. The highest BCUT2D eigenvalue weighted by Crippen LogP contribution is 2.29. The molecule has 1 aromatic rings. The minimum atomic E-state index is -3.72. The van der Waals surface area contributed by atoms with Crippen LogP contribution in [0.15, 0.2) is 9.72 Å². The Kier molecular flexibility index (Phi) is 4.77. The second-order valence-electron chi connectivity index (χ2n) is 4.93. The van der Waals surface area contributed by atoms with Crippen LogP contribution < -0.4 is 0 Å². The average molecular weight is 318 g/mol. The summed E-state index contributed by atoms with van der Waals surface area (Å²) in [6, 6.07) is 0. The van der Waals surface area contributed by atoms with Crippen LogP contribution in [0.5, 0.6) is 0 Å². The first-order chi connectivity index (χ1) is 9.46. The molecule has 1 aliphatic heterocycles. The van der Waals surface area contributed by atoms with Crippen LogP contribution in [0.4, 0.5) is 0 Å². The molecule has 0 radical (unpaired) electrons. The van der Waals surface area contributed by atoms with Gasteiger partial charge in [0, 0.05) is 13.1 Å². The average Bonchev–Trinajstić information content (AvgIpc) is 2.90. The molecule has 0 spiro atoms. The summed E-state index contributed by atoms with van der Waals surface area (Å²) in [6.07, 6.45) is 3.91. The second-order valence-corrected chi connectivity index (χ2v) is 7.92. The number of carbonyl (C=O) groups is 1. The van der Waals surface area contributed by atoms with Gasteiger partial charge < -0.3 is 5.11 Å². The highest BCUT2D eigenvalue weighted by Gasteiger charge is 2.33. The van der Waals surface area contributed by atoms with E-state index in [0.29, 0.717) is 19.0 Å². The number of rotatable bonds is 5. The fraction of sp³-hybridized carbons (Fsp3) is 0.667. The van der Waals surface area contributed by atoms with Gasteiger partial charge in [-0.15, -0.1) is 11.3 Å². The monoisotopic (exact) mass is 318 g/mol. The zero-order chi connectivity index (χ0) is 14.8. The molecule has 1 N–H and O–H groups in total. The fourth-order valence-corrected chi connectivity index (χ4v) is 5.27. The summed E-state index contributed by atoms with van der Waals surface area (Å²) in [4.78, 5) is 14.6. The normalized spacial score (nSPS) is 18.2. The first-order valence-electron chi connectivity index (χ1n) is 6.63. The van der Waals surface area contributed by atoms with Crippen LogP contribution in [-0.2, 0) is 10.0 Å². The van der Waals surface area contributed by atoms with E-state index in [-0.39, 0.29) is 9.90 Å². The number of aromatic nitrogens is 1. The molecule has 20 heavy (non-hydrogen) atoms. The topological polar surface area (TPSA) is 87.6 Å². The van der Waals surface area contributed by atoms with Crippen LogP contribution in [0.1, 0.15) is 43.1 Å². The number of hydrogen-bond donors (Lipinski definition) is 1. The summed E-state index contributed by atoms with van der Waals surface area (Å²) >= 11 is 0.868. The summed E-state index contributed by atoms with van der Waals surface area (Å²) < 4.78 is 26.2. The van der Waals surface area contributed by atoms with Crippen molar-refractivity contribution in [1.82, 2.24) is 9.29 Å². The zero-order valence-corrected chi connectivity index (χ0v) is 12.9. The minimum absolute atomic E-state index is 0.154. The van der Waals surface area contributed by atoms with Gasteiger partial charge in [0.05, 0.1) is 5.51 Å². The Balaban J connectivity index is 2.16. The lowest BCUT2D eigenvalue weighted by Crippen LogP contribution is -2.38. The van der Waals surface area contributed by atoms with E-state index in [1.54, 1.807) is 0 Å². The quantitative estimate of drug-likeness (QED) is 0.897. The highest BCUT2D eigenvalue weighted by molar-refractivity contribution is 7.91. The van der Waals surface area contributed by atoms with Gasteiger partial charge in [0.1, 0.15) is 0 Å². The van der Waals surface area contributed by atoms with Crippen molar-refractivity contribution in [2.45, 2.75) is 36.8 Å². The van der Waals surface area contributed by atoms with E-state index in [4.69, 9.17) is 5.11 Å². The van der Waals surface area contributed by atoms with Gasteiger partial charge >= 0.3 is 5.97 Å². The summed E-state index contributed by atoms with van der Waals surface area (Å²) in [6.45, 7) is 3.05. The lowest BCUT2D eigenvalue weighted by atomic mass is 9.94. The number of carboxylic acids is 1. The summed E-state index contributed by atoms with van der Waals surface area (Å²) in [5.41, 5.74) is 0.894. The van der Waals surface area contributed by atoms with Gasteiger partial charge in [0.15, 0.2) is 9.90 Å². The van der Waals surface area contributed by atoms with Gasteiger partial charge in [-0.2, -0.15) is 4.31 Å². The number of piperidine rings is 1. The molecule has 0 saturated carbocycles. The zero-order valence-electron chi connectivity index (χ0n) is 11.3. The molecule has 0 aliphatic carbocycles. The van der Waals surface area contributed by atoms with Crippen LogP contribution in [0, 0.1) is 5.92 Å². The number of sulfonamides is 1. The predicted molar refractivity (Wildman–Crippen MR) is 75.5 cm³/mol. The van der Waals surface area contributed by atoms with E-state index >= 15 is 0 Å². The van der Waals surface area contributed by atoms with Crippen molar-refractivity contribution >= 4 is 27.3 Å². The van der Waals surface area contributed by atoms with Crippen LogP contribution in [0.25, 0.3) is 0 Å². The molecular formula is C12H18N2O4S2. The maximum Gasteiger partial charge on any atom is 0.356 e. The lowest BCUT2D eigenvalue weighted by molar-refractivity contribution is 0.0687. The van der Waals surface area contributed by atoms with Crippen LogP contribution in [-0.4, -0.2) is 41.9 Å². The number of carboxylic acid groups (broad SMARTS) is 1. The molecule has 0 atom stereocenters. The van der Waals surface area contributed by atoms with Crippen molar-refractivity contribution < 1.29 is 18.3 Å². The molecule has 0 aromatic carbocycles. The van der Waals surface area contributed by atoms with E-state index < -0.39 is 16.0 Å². The predicted octanol–water partition coefficient (Wildman–Crippen LogP) is 2.04. The van der Waals surface area contributed by atoms with Crippen molar-refractivity contribution in [3.63, 3.8) is 0 Å². The first-order valence-corrected chi connectivity index (χ1v) is 8.95. The maximum atomic E-state index is 12.5. The van der Waals surface area contributed by atoms with Gasteiger partial charge in [-0.25, -0.2) is 18.2 Å². The largest absolute Gasteiger partial charge is 0.476 e. The van der Waals surface area contributed by atoms with Crippen molar-refractivity contribution in [3.8, 4) is 0 Å². The fourth-order valence-electron chi connectivity index (χ4n) is 2.52. The Morgan fingerprint density at radius 2 is 2.15 bits per heavy atom. The van der Waals surface area contributed by atoms with Gasteiger partial charge in [-0.05, 0) is 18.8 Å². The molecule has 1 aliphatic rings. The number of thiazole rings is 1. The van der Waals surface area contributed by atoms with Gasteiger partial charge in [-0.3, -0.25) is 0 Å². The molecule has 0 unspecified atom stereocenters. The maximum absolute atomic E-state index is 12.5. The third-order valence-electron chi connectivity index (χ3n) is 3.58. The molecule has 1 fully saturated rings. The van der Waals surface area contributed by atoms with Crippen LogP contribution >= 0.6 is 11.3 Å². The lowest BCUT2D eigenvalue weighted by Gasteiger charge is -2.30. The Bertz CT molecular complexity index is 574. The van der Waals surface area contributed by atoms with Crippen LogP contribution in [0.2, 0.25) is 0 Å². The summed E-state index contributed by atoms with van der Waals surface area (Å²) in [5.74, 6) is -0.724. The molecule has 6 nitrogen and oxygen atoms in total. The minimum Gasteiger partial charge on any atom is -0.476 e. The number of hydrogen-bond acceptors (Lipinski definition) is 5. The Morgan fingerprint density at radius 3 is 2.70 bits per heavy atom. The van der Waals surface area contributed by atoms with E-state index in [1.807, 2.05) is 0 Å². The van der Waals surface area contributed by atoms with Crippen LogP contribution in [0.3, 0.4) is 0 Å². The van der Waals surface area contributed by atoms with Crippen molar-refractivity contribution in [2.24, 2.45) is 5.92 Å². The molecule has 112 valence electrons.